The Kier molecular flexibility index (Phi) is 5.88. The molecule has 0 amide bonds. The van der Waals surface area contributed by atoms with Crippen molar-refractivity contribution < 1.29 is 9.90 Å². The molecular weight excluding hydrogens is 384 g/mol. The van der Waals surface area contributed by atoms with Crippen LogP contribution in [-0.4, -0.2) is 35.6 Å². The molecule has 3 aromatic carbocycles. The summed E-state index contributed by atoms with van der Waals surface area (Å²) in [5, 5.41) is 20.4. The molecule has 0 radical (unpaired) electrons. The molecule has 1 saturated heterocycles. The van der Waals surface area contributed by atoms with Crippen molar-refractivity contribution in [2.24, 2.45) is 0 Å². The highest BCUT2D eigenvalue weighted by Gasteiger charge is 2.46. The van der Waals surface area contributed by atoms with Gasteiger partial charge in [0.25, 0.3) is 0 Å². The Morgan fingerprint density at radius 2 is 1.45 bits per heavy atom. The van der Waals surface area contributed by atoms with E-state index in [1.165, 1.54) is 0 Å². The zero-order valence-corrected chi connectivity index (χ0v) is 17.4. The number of carboxylic acid groups (broad SMARTS) is 1. The molecule has 0 aliphatic carbocycles. The lowest BCUT2D eigenvalue weighted by Gasteiger charge is -2.31. The number of nitrogens with zero attached hydrogens (tertiary/aromatic N) is 2. The van der Waals surface area contributed by atoms with Gasteiger partial charge in [-0.25, -0.2) is 0 Å². The van der Waals surface area contributed by atoms with Crippen LogP contribution in [0.2, 0.25) is 0 Å². The maximum Gasteiger partial charge on any atom is 0.315 e. The first-order chi connectivity index (χ1) is 15.1. The molecule has 1 fully saturated rings. The highest BCUT2D eigenvalue weighted by Crippen LogP contribution is 2.38. The van der Waals surface area contributed by atoms with Crippen LogP contribution in [0.25, 0.3) is 0 Å². The highest BCUT2D eigenvalue weighted by molar-refractivity contribution is 5.82. The average molecular weight is 411 g/mol. The lowest BCUT2D eigenvalue weighted by Crippen LogP contribution is -2.40. The van der Waals surface area contributed by atoms with Gasteiger partial charge >= 0.3 is 5.97 Å². The molecule has 4 rings (SSSR count). The molecule has 4 nitrogen and oxygen atoms in total. The third-order valence-corrected chi connectivity index (χ3v) is 6.61. The Morgan fingerprint density at radius 3 is 1.94 bits per heavy atom. The summed E-state index contributed by atoms with van der Waals surface area (Å²) in [4.78, 5) is 14.5. The van der Waals surface area contributed by atoms with Crippen LogP contribution in [0.15, 0.2) is 91.0 Å². The van der Waals surface area contributed by atoms with Crippen molar-refractivity contribution in [3.05, 3.63) is 108 Å². The number of rotatable bonds is 7. The van der Waals surface area contributed by atoms with Crippen LogP contribution < -0.4 is 0 Å². The first-order valence-electron chi connectivity index (χ1n) is 10.6. The molecule has 1 unspecified atom stereocenters. The summed E-state index contributed by atoms with van der Waals surface area (Å²) in [5.41, 5.74) is 1.12. The van der Waals surface area contributed by atoms with E-state index in [1.807, 2.05) is 91.0 Å². The quantitative estimate of drug-likeness (QED) is 0.618. The standard InChI is InChI=1S/C27H26N2O2/c28-20-26(22-10-4-1-5-11-22,23-12-6-2-7-13-23)16-18-29-19-17-27(21-29,25(30)31)24-14-8-3-9-15-24/h1-15H,16-19,21H2,(H,30,31). The second-order valence-corrected chi connectivity index (χ2v) is 8.28. The number of carboxylic acids is 1. The number of nitriles is 1. The predicted molar refractivity (Wildman–Crippen MR) is 121 cm³/mol. The summed E-state index contributed by atoms with van der Waals surface area (Å²) in [6, 6.07) is 31.9. The molecule has 1 atom stereocenters. The molecule has 0 saturated carbocycles. The Morgan fingerprint density at radius 1 is 0.935 bits per heavy atom. The predicted octanol–water partition coefficient (Wildman–Crippen LogP) is 4.61. The van der Waals surface area contributed by atoms with Crippen LogP contribution in [0.1, 0.15) is 29.5 Å². The second-order valence-electron chi connectivity index (χ2n) is 8.28. The van der Waals surface area contributed by atoms with E-state index in [2.05, 4.69) is 11.0 Å². The first kappa shape index (κ1) is 20.8. The third-order valence-electron chi connectivity index (χ3n) is 6.61. The van der Waals surface area contributed by atoms with Gasteiger partial charge in [0.2, 0.25) is 0 Å². The van der Waals surface area contributed by atoms with Crippen LogP contribution in [0.4, 0.5) is 0 Å². The Balaban J connectivity index is 1.60. The van der Waals surface area contributed by atoms with Gasteiger partial charge in [-0.3, -0.25) is 4.79 Å². The normalized spacial score (nSPS) is 19.1. The first-order valence-corrected chi connectivity index (χ1v) is 10.6. The minimum Gasteiger partial charge on any atom is -0.481 e. The van der Waals surface area contributed by atoms with E-state index in [-0.39, 0.29) is 0 Å². The third kappa shape index (κ3) is 3.85. The lowest BCUT2D eigenvalue weighted by atomic mass is 9.73. The molecule has 0 bridgehead atoms. The van der Waals surface area contributed by atoms with Crippen LogP contribution in [0, 0.1) is 11.3 Å². The summed E-state index contributed by atoms with van der Waals surface area (Å²) < 4.78 is 0. The van der Waals surface area contributed by atoms with Crippen molar-refractivity contribution in [2.75, 3.05) is 19.6 Å². The number of aliphatic carboxylic acids is 1. The topological polar surface area (TPSA) is 64.3 Å². The molecule has 156 valence electrons. The number of carbonyl (C=O) groups is 1. The Hall–Kier alpha value is -3.42. The molecule has 0 aromatic heterocycles. The SMILES string of the molecule is N#CC(CCN1CCC(C(=O)O)(c2ccccc2)C1)(c1ccccc1)c1ccccc1. The van der Waals surface area contributed by atoms with Gasteiger partial charge in [-0.15, -0.1) is 0 Å². The van der Waals surface area contributed by atoms with E-state index in [9.17, 15) is 15.2 Å². The van der Waals surface area contributed by atoms with Gasteiger partial charge in [0, 0.05) is 13.1 Å². The maximum atomic E-state index is 12.3. The fourth-order valence-electron chi connectivity index (χ4n) is 4.78. The fraction of sp³-hybridized carbons (Fsp3) is 0.259. The monoisotopic (exact) mass is 410 g/mol. The van der Waals surface area contributed by atoms with Crippen molar-refractivity contribution in [2.45, 2.75) is 23.7 Å². The van der Waals surface area contributed by atoms with Crippen molar-refractivity contribution >= 4 is 5.97 Å². The molecular formula is C27H26N2O2. The van der Waals surface area contributed by atoms with E-state index in [4.69, 9.17) is 0 Å². The minimum absolute atomic E-state index is 0.456. The van der Waals surface area contributed by atoms with Gasteiger partial charge in [0.05, 0.1) is 6.07 Å². The summed E-state index contributed by atoms with van der Waals surface area (Å²) in [5.74, 6) is -0.779. The number of benzene rings is 3. The Bertz CT molecular complexity index is 1020. The molecule has 31 heavy (non-hydrogen) atoms. The zero-order valence-electron chi connectivity index (χ0n) is 17.4. The van der Waals surface area contributed by atoms with Crippen molar-refractivity contribution in [1.82, 2.24) is 4.90 Å². The van der Waals surface area contributed by atoms with Crippen LogP contribution in [0.3, 0.4) is 0 Å². The Labute approximate surface area is 183 Å². The molecule has 1 heterocycles. The van der Waals surface area contributed by atoms with Crippen molar-refractivity contribution in [3.8, 4) is 6.07 Å². The second kappa shape index (κ2) is 8.75. The van der Waals surface area contributed by atoms with E-state index in [0.717, 1.165) is 16.7 Å². The maximum absolute atomic E-state index is 12.3. The summed E-state index contributed by atoms with van der Waals surface area (Å²) >= 11 is 0. The van der Waals surface area contributed by atoms with E-state index in [0.29, 0.717) is 32.5 Å². The van der Waals surface area contributed by atoms with Crippen LogP contribution in [-0.2, 0) is 15.6 Å². The van der Waals surface area contributed by atoms with Crippen LogP contribution in [0.5, 0.6) is 0 Å². The van der Waals surface area contributed by atoms with E-state index < -0.39 is 16.8 Å². The smallest absolute Gasteiger partial charge is 0.315 e. The zero-order chi connectivity index (χ0) is 21.7. The molecule has 0 spiro atoms. The number of likely N-dealkylation sites (tertiary alicyclic amines) is 1. The van der Waals surface area contributed by atoms with Gasteiger partial charge in [-0.05, 0) is 36.1 Å². The molecule has 3 aromatic rings. The van der Waals surface area contributed by atoms with Gasteiger partial charge in [-0.2, -0.15) is 5.26 Å². The largest absolute Gasteiger partial charge is 0.481 e. The van der Waals surface area contributed by atoms with E-state index >= 15 is 0 Å². The van der Waals surface area contributed by atoms with Crippen LogP contribution >= 0.6 is 0 Å². The number of hydrogen-bond acceptors (Lipinski definition) is 3. The highest BCUT2D eigenvalue weighted by atomic mass is 16.4. The summed E-state index contributed by atoms with van der Waals surface area (Å²) in [7, 11) is 0. The number of hydrogen-bond donors (Lipinski definition) is 1. The average Bonchev–Trinajstić information content (AvgIpc) is 3.28. The van der Waals surface area contributed by atoms with Gasteiger partial charge < -0.3 is 10.0 Å². The van der Waals surface area contributed by atoms with Crippen molar-refractivity contribution in [3.63, 3.8) is 0 Å². The molecule has 4 heteroatoms. The summed E-state index contributed by atoms with van der Waals surface area (Å²) in [6.07, 6.45) is 1.17. The van der Waals surface area contributed by atoms with E-state index in [1.54, 1.807) is 0 Å². The van der Waals surface area contributed by atoms with Crippen molar-refractivity contribution in [1.29, 1.82) is 5.26 Å². The summed E-state index contributed by atoms with van der Waals surface area (Å²) in [6.45, 7) is 1.81. The van der Waals surface area contributed by atoms with Gasteiger partial charge in [0.1, 0.15) is 10.8 Å². The van der Waals surface area contributed by atoms with Gasteiger partial charge in [0.15, 0.2) is 0 Å². The minimum atomic E-state index is -0.893. The lowest BCUT2D eigenvalue weighted by molar-refractivity contribution is -0.143. The molecule has 1 N–H and O–H groups in total. The molecule has 1 aliphatic heterocycles. The molecule has 1 aliphatic rings. The fourth-order valence-corrected chi connectivity index (χ4v) is 4.78. The van der Waals surface area contributed by atoms with Gasteiger partial charge in [-0.1, -0.05) is 91.0 Å².